The highest BCUT2D eigenvalue weighted by molar-refractivity contribution is 7.22. The minimum atomic E-state index is -0.216. The normalized spacial score (nSPS) is 16.9. The van der Waals surface area contributed by atoms with Gasteiger partial charge in [0.1, 0.15) is 0 Å². The molecule has 4 nitrogen and oxygen atoms in total. The van der Waals surface area contributed by atoms with E-state index in [1.54, 1.807) is 23.1 Å². The second kappa shape index (κ2) is 7.53. The number of para-hydroxylation sites is 1. The van der Waals surface area contributed by atoms with Crippen LogP contribution in [0.2, 0.25) is 10.0 Å². The zero-order valence-corrected chi connectivity index (χ0v) is 16.2. The molecule has 0 aliphatic carbocycles. The number of amides is 1. The molecule has 4 rings (SSSR count). The molecule has 7 heteroatoms. The fourth-order valence-corrected chi connectivity index (χ4v) is 4.38. The van der Waals surface area contributed by atoms with Gasteiger partial charge in [0.15, 0.2) is 5.13 Å². The van der Waals surface area contributed by atoms with Crippen LogP contribution in [0.3, 0.4) is 0 Å². The molecule has 3 aromatic rings. The Morgan fingerprint density at radius 1 is 1.23 bits per heavy atom. The molecule has 1 amide bonds. The highest BCUT2D eigenvalue weighted by atomic mass is 35.5. The van der Waals surface area contributed by atoms with E-state index in [2.05, 4.69) is 4.98 Å². The number of ether oxygens (including phenoxy) is 1. The van der Waals surface area contributed by atoms with E-state index >= 15 is 0 Å². The summed E-state index contributed by atoms with van der Waals surface area (Å²) >= 11 is 13.9. The van der Waals surface area contributed by atoms with Gasteiger partial charge in [0.2, 0.25) is 0 Å². The van der Waals surface area contributed by atoms with Crippen LogP contribution in [0.1, 0.15) is 23.2 Å². The van der Waals surface area contributed by atoms with Crippen LogP contribution in [-0.4, -0.2) is 30.1 Å². The van der Waals surface area contributed by atoms with Crippen LogP contribution in [0, 0.1) is 0 Å². The molecule has 2 heterocycles. The zero-order valence-electron chi connectivity index (χ0n) is 13.8. The fraction of sp³-hybridized carbons (Fsp3) is 0.263. The van der Waals surface area contributed by atoms with E-state index in [9.17, 15) is 4.79 Å². The number of hydrogen-bond acceptors (Lipinski definition) is 4. The van der Waals surface area contributed by atoms with E-state index in [1.165, 1.54) is 11.3 Å². The molecule has 1 aliphatic heterocycles. The van der Waals surface area contributed by atoms with Gasteiger partial charge in [0, 0.05) is 6.61 Å². The lowest BCUT2D eigenvalue weighted by atomic mass is 10.1. The van der Waals surface area contributed by atoms with Gasteiger partial charge >= 0.3 is 0 Å². The number of carbonyl (C=O) groups is 1. The first-order valence-electron chi connectivity index (χ1n) is 8.36. The average molecular weight is 407 g/mol. The first kappa shape index (κ1) is 17.7. The molecule has 0 bridgehead atoms. The van der Waals surface area contributed by atoms with Crippen molar-refractivity contribution in [2.24, 2.45) is 0 Å². The molecule has 1 saturated heterocycles. The molecule has 2 aromatic carbocycles. The number of thiazole rings is 1. The highest BCUT2D eigenvalue weighted by Gasteiger charge is 2.28. The van der Waals surface area contributed by atoms with Crippen LogP contribution in [0.5, 0.6) is 0 Å². The Bertz CT molecular complexity index is 921. The Kier molecular flexibility index (Phi) is 5.14. The van der Waals surface area contributed by atoms with Crippen molar-refractivity contribution in [2.75, 3.05) is 18.1 Å². The highest BCUT2D eigenvalue weighted by Crippen LogP contribution is 2.33. The van der Waals surface area contributed by atoms with Gasteiger partial charge in [-0.1, -0.05) is 52.7 Å². The van der Waals surface area contributed by atoms with Crippen molar-refractivity contribution in [1.29, 1.82) is 0 Å². The van der Waals surface area contributed by atoms with Crippen molar-refractivity contribution < 1.29 is 9.53 Å². The summed E-state index contributed by atoms with van der Waals surface area (Å²) in [5.74, 6) is -0.216. The van der Waals surface area contributed by atoms with Crippen molar-refractivity contribution >= 4 is 55.8 Å². The number of hydrogen-bond donors (Lipinski definition) is 0. The summed E-state index contributed by atoms with van der Waals surface area (Å²) in [5, 5.41) is 1.26. The molecule has 1 unspecified atom stereocenters. The van der Waals surface area contributed by atoms with E-state index in [4.69, 9.17) is 27.9 Å². The van der Waals surface area contributed by atoms with Crippen molar-refractivity contribution in [3.63, 3.8) is 0 Å². The van der Waals surface area contributed by atoms with Crippen molar-refractivity contribution in [3.05, 3.63) is 58.1 Å². The van der Waals surface area contributed by atoms with Gasteiger partial charge in [-0.05, 0) is 37.1 Å². The van der Waals surface area contributed by atoms with Crippen molar-refractivity contribution in [2.45, 2.75) is 18.9 Å². The van der Waals surface area contributed by atoms with Gasteiger partial charge in [-0.2, -0.15) is 0 Å². The summed E-state index contributed by atoms with van der Waals surface area (Å²) in [7, 11) is 0. The standard InChI is InChI=1S/C19H16Cl2N2O2S/c20-14-7-3-6-13(17(14)21)18(24)23(11-12-5-4-10-25-12)19-22-15-8-1-2-9-16(15)26-19/h1-3,6-9,12H,4-5,10-11H2. The molecular weight excluding hydrogens is 391 g/mol. The number of carbonyl (C=O) groups excluding carboxylic acids is 1. The molecule has 0 N–H and O–H groups in total. The van der Waals surface area contributed by atoms with Gasteiger partial charge in [0.05, 0.1) is 38.5 Å². The van der Waals surface area contributed by atoms with Gasteiger partial charge < -0.3 is 4.74 Å². The van der Waals surface area contributed by atoms with Crippen molar-refractivity contribution in [3.8, 4) is 0 Å². The Balaban J connectivity index is 1.74. The average Bonchev–Trinajstić information content (AvgIpc) is 3.30. The number of aromatic nitrogens is 1. The molecule has 26 heavy (non-hydrogen) atoms. The largest absolute Gasteiger partial charge is 0.376 e. The third kappa shape index (κ3) is 3.45. The molecule has 1 aliphatic rings. The van der Waals surface area contributed by atoms with E-state index in [-0.39, 0.29) is 17.0 Å². The predicted molar refractivity (Wildman–Crippen MR) is 107 cm³/mol. The quantitative estimate of drug-likeness (QED) is 0.579. The Morgan fingerprint density at radius 3 is 2.85 bits per heavy atom. The van der Waals surface area contributed by atoms with E-state index in [0.717, 1.165) is 29.7 Å². The third-order valence-electron chi connectivity index (χ3n) is 4.35. The number of halogens is 2. The Morgan fingerprint density at radius 2 is 2.08 bits per heavy atom. The van der Waals surface area contributed by atoms with Crippen LogP contribution < -0.4 is 4.90 Å². The summed E-state index contributed by atoms with van der Waals surface area (Å²) in [5.41, 5.74) is 1.24. The minimum Gasteiger partial charge on any atom is -0.376 e. The number of benzene rings is 2. The fourth-order valence-electron chi connectivity index (χ4n) is 3.03. The van der Waals surface area contributed by atoms with Crippen LogP contribution in [0.4, 0.5) is 5.13 Å². The summed E-state index contributed by atoms with van der Waals surface area (Å²) in [6.45, 7) is 1.17. The summed E-state index contributed by atoms with van der Waals surface area (Å²) in [6.07, 6.45) is 1.94. The topological polar surface area (TPSA) is 42.4 Å². The van der Waals surface area contributed by atoms with Gasteiger partial charge in [0.25, 0.3) is 5.91 Å². The van der Waals surface area contributed by atoms with Gasteiger partial charge in [-0.25, -0.2) is 4.98 Å². The first-order valence-corrected chi connectivity index (χ1v) is 9.94. The maximum absolute atomic E-state index is 13.3. The van der Waals surface area contributed by atoms with Gasteiger partial charge in [-0.3, -0.25) is 9.69 Å². The second-order valence-corrected chi connectivity index (χ2v) is 7.91. The van der Waals surface area contributed by atoms with Crippen LogP contribution in [0.15, 0.2) is 42.5 Å². The lowest BCUT2D eigenvalue weighted by molar-refractivity contribution is 0.0917. The van der Waals surface area contributed by atoms with Gasteiger partial charge in [-0.15, -0.1) is 0 Å². The number of anilines is 1. The molecule has 0 saturated carbocycles. The third-order valence-corrected chi connectivity index (χ3v) is 6.23. The lowest BCUT2D eigenvalue weighted by Crippen LogP contribution is -2.37. The molecular formula is C19H16Cl2N2O2S. The first-order chi connectivity index (χ1) is 12.6. The maximum Gasteiger partial charge on any atom is 0.261 e. The monoisotopic (exact) mass is 406 g/mol. The number of nitrogens with zero attached hydrogens (tertiary/aromatic N) is 2. The second-order valence-electron chi connectivity index (χ2n) is 6.12. The van der Waals surface area contributed by atoms with Crippen molar-refractivity contribution in [1.82, 2.24) is 4.98 Å². The Hall–Kier alpha value is -1.66. The SMILES string of the molecule is O=C(c1cccc(Cl)c1Cl)N(CC1CCCO1)c1nc2ccccc2s1. The Labute approximate surface area is 165 Å². The molecule has 1 aromatic heterocycles. The maximum atomic E-state index is 13.3. The van der Waals surface area contributed by atoms with Crippen LogP contribution in [0.25, 0.3) is 10.2 Å². The summed E-state index contributed by atoms with van der Waals surface area (Å²) in [4.78, 5) is 19.6. The smallest absolute Gasteiger partial charge is 0.261 e. The predicted octanol–water partition coefficient (Wildman–Crippen LogP) is 5.43. The molecule has 0 radical (unpaired) electrons. The molecule has 134 valence electrons. The number of fused-ring (bicyclic) bond motifs is 1. The lowest BCUT2D eigenvalue weighted by Gasteiger charge is -2.23. The zero-order chi connectivity index (χ0) is 18.1. The molecule has 0 spiro atoms. The molecule has 1 atom stereocenters. The van der Waals surface area contributed by atoms with Crippen LogP contribution >= 0.6 is 34.5 Å². The van der Waals surface area contributed by atoms with Crippen LogP contribution in [-0.2, 0) is 4.74 Å². The van der Waals surface area contributed by atoms with E-state index in [0.29, 0.717) is 22.3 Å². The summed E-state index contributed by atoms with van der Waals surface area (Å²) in [6, 6.07) is 12.9. The molecule has 1 fully saturated rings. The van der Waals surface area contributed by atoms with E-state index in [1.807, 2.05) is 24.3 Å². The summed E-state index contributed by atoms with van der Waals surface area (Å²) < 4.78 is 6.78. The van der Waals surface area contributed by atoms with E-state index < -0.39 is 0 Å². The minimum absolute atomic E-state index is 0.00363. The number of rotatable bonds is 4.